The summed E-state index contributed by atoms with van der Waals surface area (Å²) in [7, 11) is 1.55. The Morgan fingerprint density at radius 3 is 2.54 bits per heavy atom. The second kappa shape index (κ2) is 10.2. The van der Waals surface area contributed by atoms with Crippen molar-refractivity contribution < 1.29 is 27.4 Å². The number of nitrogen functional groups attached to an aromatic ring is 1. The third-order valence-electron chi connectivity index (χ3n) is 6.07. The Bertz CT molecular complexity index is 1200. The first-order chi connectivity index (χ1) is 16.6. The molecule has 1 unspecified atom stereocenters. The fourth-order valence-corrected chi connectivity index (χ4v) is 4.13. The zero-order chi connectivity index (χ0) is 25.2. The van der Waals surface area contributed by atoms with E-state index in [0.717, 1.165) is 38.2 Å². The molecule has 2 aromatic carbocycles. The molecule has 0 aliphatic carbocycles. The molecule has 0 saturated carbocycles. The molecule has 1 fully saturated rings. The van der Waals surface area contributed by atoms with Gasteiger partial charge in [-0.2, -0.15) is 13.2 Å². The minimum Gasteiger partial charge on any atom is -0.493 e. The molecule has 188 valence electrons. The number of hydrogen-bond donors (Lipinski definition) is 2. The van der Waals surface area contributed by atoms with E-state index >= 15 is 0 Å². The van der Waals surface area contributed by atoms with E-state index in [2.05, 4.69) is 15.3 Å². The molecule has 3 N–H and O–H groups in total. The molecule has 35 heavy (non-hydrogen) atoms. The van der Waals surface area contributed by atoms with Crippen LogP contribution in [-0.4, -0.2) is 36.9 Å². The molecule has 10 heteroatoms. The van der Waals surface area contributed by atoms with Gasteiger partial charge in [0.15, 0.2) is 11.5 Å². The molecule has 3 aromatic rings. The van der Waals surface area contributed by atoms with E-state index in [4.69, 9.17) is 19.9 Å². The number of aryl methyl sites for hydroxylation is 1. The van der Waals surface area contributed by atoms with Gasteiger partial charge in [0.25, 0.3) is 0 Å². The lowest BCUT2D eigenvalue weighted by Crippen LogP contribution is -2.21. The van der Waals surface area contributed by atoms with Crippen molar-refractivity contribution in [1.29, 1.82) is 0 Å². The maximum Gasteiger partial charge on any atom is 0.416 e. The van der Waals surface area contributed by atoms with E-state index in [1.54, 1.807) is 33.1 Å². The summed E-state index contributed by atoms with van der Waals surface area (Å²) in [5, 5.41) is 3.88. The molecule has 1 aliphatic heterocycles. The molecule has 1 aliphatic rings. The third-order valence-corrected chi connectivity index (χ3v) is 6.07. The summed E-state index contributed by atoms with van der Waals surface area (Å²) in [5.74, 6) is 2.50. The lowest BCUT2D eigenvalue weighted by molar-refractivity contribution is -0.137. The monoisotopic (exact) mass is 490 g/mol. The van der Waals surface area contributed by atoms with Crippen LogP contribution in [0.3, 0.4) is 0 Å². The van der Waals surface area contributed by atoms with Gasteiger partial charge in [0, 0.05) is 30.4 Å². The summed E-state index contributed by atoms with van der Waals surface area (Å²) < 4.78 is 56.9. The van der Waals surface area contributed by atoms with Crippen molar-refractivity contribution in [3.05, 3.63) is 47.3 Å². The van der Waals surface area contributed by atoms with E-state index in [9.17, 15) is 13.2 Å². The van der Waals surface area contributed by atoms with E-state index in [-0.39, 0.29) is 5.69 Å². The highest BCUT2D eigenvalue weighted by Gasteiger charge is 2.31. The standard InChI is InChI=1S/C25H29F3N4O3/c1-14(17-8-18(25(26,27)28)10-19(29)9-17)30-24-20-11-22(33-3)23(12-21(20)31-15(2)32-24)35-13-16-4-6-34-7-5-16/h8-12,14,16H,4-7,13,29H2,1-3H3,(H,30,31,32). The average molecular weight is 491 g/mol. The summed E-state index contributed by atoms with van der Waals surface area (Å²) in [6, 6.07) is 6.61. The van der Waals surface area contributed by atoms with Crippen LogP contribution in [0.1, 0.15) is 42.8 Å². The zero-order valence-electron chi connectivity index (χ0n) is 19.9. The highest BCUT2D eigenvalue weighted by Crippen LogP contribution is 2.37. The first-order valence-corrected chi connectivity index (χ1v) is 11.4. The molecule has 1 aromatic heterocycles. The smallest absolute Gasteiger partial charge is 0.416 e. The molecule has 1 atom stereocenters. The van der Waals surface area contributed by atoms with Gasteiger partial charge in [0.05, 0.1) is 30.8 Å². The van der Waals surface area contributed by atoms with Gasteiger partial charge in [-0.3, -0.25) is 0 Å². The Hall–Kier alpha value is -3.27. The van der Waals surface area contributed by atoms with Crippen LogP contribution in [0, 0.1) is 12.8 Å². The number of fused-ring (bicyclic) bond motifs is 1. The van der Waals surface area contributed by atoms with E-state index < -0.39 is 17.8 Å². The highest BCUT2D eigenvalue weighted by molar-refractivity contribution is 5.92. The number of aromatic nitrogens is 2. The van der Waals surface area contributed by atoms with Crippen molar-refractivity contribution in [2.75, 3.05) is 38.0 Å². The number of ether oxygens (including phenoxy) is 3. The number of anilines is 2. The van der Waals surface area contributed by atoms with Gasteiger partial charge in [0.2, 0.25) is 0 Å². The molecule has 0 amide bonds. The van der Waals surface area contributed by atoms with Crippen LogP contribution in [0.25, 0.3) is 10.9 Å². The number of nitrogens with zero attached hydrogens (tertiary/aromatic N) is 2. The van der Waals surface area contributed by atoms with Gasteiger partial charge in [-0.05, 0) is 62.4 Å². The normalized spacial score (nSPS) is 15.7. The minimum atomic E-state index is -4.49. The fraction of sp³-hybridized carbons (Fsp3) is 0.440. The molecular weight excluding hydrogens is 461 g/mol. The molecular formula is C25H29F3N4O3. The predicted octanol–water partition coefficient (Wildman–Crippen LogP) is 5.53. The molecule has 1 saturated heterocycles. The van der Waals surface area contributed by atoms with Crippen molar-refractivity contribution in [3.8, 4) is 11.5 Å². The quantitative estimate of drug-likeness (QED) is 0.421. The molecule has 0 spiro atoms. The Morgan fingerprint density at radius 2 is 1.86 bits per heavy atom. The van der Waals surface area contributed by atoms with E-state index in [1.807, 2.05) is 0 Å². The summed E-state index contributed by atoms with van der Waals surface area (Å²) in [6.45, 7) is 5.53. The lowest BCUT2D eigenvalue weighted by atomic mass is 10.0. The third kappa shape index (κ3) is 5.87. The van der Waals surface area contributed by atoms with Crippen molar-refractivity contribution in [1.82, 2.24) is 9.97 Å². The highest BCUT2D eigenvalue weighted by atomic mass is 19.4. The first kappa shape index (κ1) is 24.8. The van der Waals surface area contributed by atoms with Crippen molar-refractivity contribution in [2.24, 2.45) is 5.92 Å². The number of methoxy groups -OCH3 is 1. The number of hydrogen-bond acceptors (Lipinski definition) is 7. The summed E-state index contributed by atoms with van der Waals surface area (Å²) in [5.41, 5.74) is 6.03. The van der Waals surface area contributed by atoms with Crippen LogP contribution in [0.5, 0.6) is 11.5 Å². The number of nitrogens with one attached hydrogen (secondary N) is 1. The zero-order valence-corrected chi connectivity index (χ0v) is 19.9. The number of nitrogens with two attached hydrogens (primary N) is 1. The van der Waals surface area contributed by atoms with Gasteiger partial charge < -0.3 is 25.3 Å². The van der Waals surface area contributed by atoms with Crippen LogP contribution >= 0.6 is 0 Å². The van der Waals surface area contributed by atoms with Crippen LogP contribution in [-0.2, 0) is 10.9 Å². The van der Waals surface area contributed by atoms with E-state index in [1.165, 1.54) is 6.07 Å². The number of alkyl halides is 3. The first-order valence-electron chi connectivity index (χ1n) is 11.4. The van der Waals surface area contributed by atoms with E-state index in [0.29, 0.717) is 52.1 Å². The Labute approximate surface area is 201 Å². The van der Waals surface area contributed by atoms with Gasteiger partial charge in [-0.25, -0.2) is 9.97 Å². The molecule has 0 bridgehead atoms. The predicted molar refractivity (Wildman–Crippen MR) is 128 cm³/mol. The second-order valence-electron chi connectivity index (χ2n) is 8.76. The summed E-state index contributed by atoms with van der Waals surface area (Å²) >= 11 is 0. The Balaban J connectivity index is 1.63. The fourth-order valence-electron chi connectivity index (χ4n) is 4.13. The molecule has 0 radical (unpaired) electrons. The van der Waals surface area contributed by atoms with Crippen molar-refractivity contribution >= 4 is 22.4 Å². The van der Waals surface area contributed by atoms with Crippen molar-refractivity contribution in [2.45, 2.75) is 38.9 Å². The number of halogens is 3. The maximum absolute atomic E-state index is 13.3. The maximum atomic E-state index is 13.3. The lowest BCUT2D eigenvalue weighted by Gasteiger charge is -2.23. The number of benzene rings is 2. The van der Waals surface area contributed by atoms with Gasteiger partial charge in [-0.15, -0.1) is 0 Å². The second-order valence-corrected chi connectivity index (χ2v) is 8.76. The summed E-state index contributed by atoms with van der Waals surface area (Å²) in [6.07, 6.45) is -2.59. The van der Waals surface area contributed by atoms with Crippen LogP contribution in [0.2, 0.25) is 0 Å². The van der Waals surface area contributed by atoms with Gasteiger partial charge in [0.1, 0.15) is 11.6 Å². The summed E-state index contributed by atoms with van der Waals surface area (Å²) in [4.78, 5) is 9.03. The molecule has 7 nitrogen and oxygen atoms in total. The molecule has 2 heterocycles. The Morgan fingerprint density at radius 1 is 1.11 bits per heavy atom. The van der Waals surface area contributed by atoms with Crippen LogP contribution in [0.4, 0.5) is 24.7 Å². The number of rotatable bonds is 7. The van der Waals surface area contributed by atoms with Crippen LogP contribution in [0.15, 0.2) is 30.3 Å². The van der Waals surface area contributed by atoms with Crippen molar-refractivity contribution in [3.63, 3.8) is 0 Å². The minimum absolute atomic E-state index is 0.0418. The SMILES string of the molecule is COc1cc2c(NC(C)c3cc(N)cc(C(F)(F)F)c3)nc(C)nc2cc1OCC1CCOCC1. The average Bonchev–Trinajstić information content (AvgIpc) is 2.81. The molecule has 4 rings (SSSR count). The van der Waals surface area contributed by atoms with Crippen LogP contribution < -0.4 is 20.5 Å². The van der Waals surface area contributed by atoms with Gasteiger partial charge in [-0.1, -0.05) is 0 Å². The largest absolute Gasteiger partial charge is 0.493 e. The van der Waals surface area contributed by atoms with Gasteiger partial charge >= 0.3 is 6.18 Å². The topological polar surface area (TPSA) is 91.5 Å². The Kier molecular flexibility index (Phi) is 7.20.